The van der Waals surface area contributed by atoms with Crippen molar-refractivity contribution in [3.8, 4) is 0 Å². The van der Waals surface area contributed by atoms with Crippen LogP contribution in [0, 0.1) is 11.7 Å². The number of fused-ring (bicyclic) bond motifs is 2. The van der Waals surface area contributed by atoms with Gasteiger partial charge in [-0.05, 0) is 47.7 Å². The average Bonchev–Trinajstić information content (AvgIpc) is 3.37. The van der Waals surface area contributed by atoms with Crippen molar-refractivity contribution in [2.24, 2.45) is 11.1 Å². The van der Waals surface area contributed by atoms with Crippen molar-refractivity contribution in [1.29, 1.82) is 0 Å². The number of benzene rings is 2. The van der Waals surface area contributed by atoms with E-state index in [-0.39, 0.29) is 24.1 Å². The molecule has 0 aromatic heterocycles. The van der Waals surface area contributed by atoms with Crippen LogP contribution in [0.25, 0.3) is 0 Å². The minimum absolute atomic E-state index is 0.0862. The number of oxime groups is 1. The number of amides is 1. The van der Waals surface area contributed by atoms with Gasteiger partial charge in [0.1, 0.15) is 5.60 Å². The number of hydrogen-bond acceptors (Lipinski definition) is 4. The molecule has 190 valence electrons. The zero-order chi connectivity index (χ0) is 25.5. The van der Waals surface area contributed by atoms with Crippen LogP contribution in [0.4, 0.5) is 17.6 Å². The van der Waals surface area contributed by atoms with Gasteiger partial charge in [0.25, 0.3) is 5.60 Å². The second kappa shape index (κ2) is 8.07. The number of hydrogen-bond donors (Lipinski definition) is 0. The van der Waals surface area contributed by atoms with Crippen LogP contribution in [0.15, 0.2) is 35.5 Å². The fourth-order valence-corrected chi connectivity index (χ4v) is 5.87. The van der Waals surface area contributed by atoms with Crippen LogP contribution in [0.3, 0.4) is 0 Å². The molecule has 2 aromatic carbocycles. The Morgan fingerprint density at radius 1 is 1.11 bits per heavy atom. The van der Waals surface area contributed by atoms with E-state index in [2.05, 4.69) is 5.16 Å². The maximum atomic E-state index is 14.3. The molecule has 1 aliphatic carbocycles. The van der Waals surface area contributed by atoms with Gasteiger partial charge in [0.2, 0.25) is 5.91 Å². The first-order chi connectivity index (χ1) is 17.0. The van der Waals surface area contributed by atoms with E-state index in [1.54, 1.807) is 12.1 Å². The van der Waals surface area contributed by atoms with Gasteiger partial charge in [-0.15, -0.1) is 0 Å². The van der Waals surface area contributed by atoms with Crippen LogP contribution >= 0.6 is 23.2 Å². The van der Waals surface area contributed by atoms with Crippen molar-refractivity contribution >= 4 is 34.8 Å². The predicted molar refractivity (Wildman–Crippen MR) is 123 cm³/mol. The molecule has 36 heavy (non-hydrogen) atoms. The lowest BCUT2D eigenvalue weighted by atomic mass is 9.79. The summed E-state index contributed by atoms with van der Waals surface area (Å²) in [5, 5.41) is 2.70. The summed E-state index contributed by atoms with van der Waals surface area (Å²) in [5.41, 5.74) is -1.54. The second-order valence-electron chi connectivity index (χ2n) is 9.86. The Bertz CT molecular complexity index is 1280. The van der Waals surface area contributed by atoms with E-state index in [0.29, 0.717) is 18.7 Å². The van der Waals surface area contributed by atoms with Gasteiger partial charge in [0, 0.05) is 17.9 Å². The third kappa shape index (κ3) is 3.46. The van der Waals surface area contributed by atoms with E-state index in [9.17, 15) is 22.4 Å². The Balaban J connectivity index is 1.24. The normalized spacial score (nSPS) is 24.7. The zero-order valence-corrected chi connectivity index (χ0v) is 20.3. The third-order valence-electron chi connectivity index (χ3n) is 7.73. The van der Waals surface area contributed by atoms with Crippen molar-refractivity contribution in [2.75, 3.05) is 13.1 Å². The Hall–Kier alpha value is -2.36. The van der Waals surface area contributed by atoms with E-state index in [4.69, 9.17) is 32.8 Å². The molecule has 1 unspecified atom stereocenters. The maximum Gasteiger partial charge on any atom is 0.435 e. The molecule has 2 aromatic rings. The van der Waals surface area contributed by atoms with Crippen LogP contribution in [0.1, 0.15) is 47.9 Å². The van der Waals surface area contributed by atoms with Gasteiger partial charge < -0.3 is 14.5 Å². The van der Waals surface area contributed by atoms with E-state index in [0.717, 1.165) is 42.5 Å². The summed E-state index contributed by atoms with van der Waals surface area (Å²) in [6.45, 7) is 1.24. The monoisotopic (exact) mass is 542 g/mol. The molecule has 5 nitrogen and oxygen atoms in total. The Morgan fingerprint density at radius 2 is 1.81 bits per heavy atom. The number of alkyl halides is 3. The highest BCUT2D eigenvalue weighted by Gasteiger charge is 2.62. The van der Waals surface area contributed by atoms with Crippen LogP contribution in [-0.2, 0) is 32.2 Å². The lowest BCUT2D eigenvalue weighted by Gasteiger charge is -2.49. The molecule has 6 rings (SSSR count). The first kappa shape index (κ1) is 24.0. The van der Waals surface area contributed by atoms with Gasteiger partial charge >= 0.3 is 6.18 Å². The standard InChI is InChI=1S/C25H20Cl2F4N2O3/c26-18-7-16(8-19(27)21(18)28)24(25(29,30)31)9-20(32-36-24)14-4-5-17-15(6-14)10-35-23(17)11-33(12-23)22(34)13-2-1-3-13/h4-8,13H,1-3,9-12H2. The predicted octanol–water partition coefficient (Wildman–Crippen LogP) is 6.08. The summed E-state index contributed by atoms with van der Waals surface area (Å²) in [5.74, 6) is -0.719. The van der Waals surface area contributed by atoms with Crippen molar-refractivity contribution < 1.29 is 31.9 Å². The molecule has 4 aliphatic rings. The summed E-state index contributed by atoms with van der Waals surface area (Å²) in [4.78, 5) is 19.4. The number of ether oxygens (including phenoxy) is 1. The maximum absolute atomic E-state index is 14.3. The van der Waals surface area contributed by atoms with Crippen LogP contribution in [-0.4, -0.2) is 35.8 Å². The van der Waals surface area contributed by atoms with Gasteiger partial charge in [-0.2, -0.15) is 13.2 Å². The van der Waals surface area contributed by atoms with Crippen molar-refractivity contribution in [1.82, 2.24) is 4.90 Å². The SMILES string of the molecule is O=C(C1CCC1)N1CC2(C1)OCc1cc(C3=NOC(c4cc(Cl)c(F)c(Cl)c4)(C(F)(F)F)C3)ccc12. The fourth-order valence-electron chi connectivity index (χ4n) is 5.38. The largest absolute Gasteiger partial charge is 0.435 e. The van der Waals surface area contributed by atoms with Crippen molar-refractivity contribution in [2.45, 2.75) is 49.7 Å². The molecule has 11 heteroatoms. The molecule has 0 N–H and O–H groups in total. The number of carbonyl (C=O) groups excluding carboxylic acids is 1. The highest BCUT2D eigenvalue weighted by atomic mass is 35.5. The molecule has 1 atom stereocenters. The molecule has 1 saturated heterocycles. The Kier molecular flexibility index (Phi) is 5.38. The second-order valence-corrected chi connectivity index (χ2v) is 10.7. The lowest BCUT2D eigenvalue weighted by Crippen LogP contribution is -2.62. The molecular weight excluding hydrogens is 523 g/mol. The van der Waals surface area contributed by atoms with Gasteiger partial charge in [0.05, 0.1) is 35.5 Å². The van der Waals surface area contributed by atoms with Crippen LogP contribution in [0.2, 0.25) is 10.0 Å². The molecule has 3 heterocycles. The summed E-state index contributed by atoms with van der Waals surface area (Å²) in [6.07, 6.45) is -2.56. The quantitative estimate of drug-likeness (QED) is 0.348. The summed E-state index contributed by atoms with van der Waals surface area (Å²) in [6, 6.07) is 6.99. The highest BCUT2D eigenvalue weighted by Crippen LogP contribution is 2.51. The first-order valence-electron chi connectivity index (χ1n) is 11.6. The Morgan fingerprint density at radius 3 is 2.42 bits per heavy atom. The Labute approximate surface area is 213 Å². The van der Waals surface area contributed by atoms with Crippen molar-refractivity contribution in [3.05, 3.63) is 68.4 Å². The molecule has 1 saturated carbocycles. The van der Waals surface area contributed by atoms with E-state index >= 15 is 0 Å². The van der Waals surface area contributed by atoms with Gasteiger partial charge in [0.15, 0.2) is 5.82 Å². The van der Waals surface area contributed by atoms with Crippen LogP contribution < -0.4 is 0 Å². The summed E-state index contributed by atoms with van der Waals surface area (Å²) < 4.78 is 62.8. The van der Waals surface area contributed by atoms with Gasteiger partial charge in [-0.3, -0.25) is 4.79 Å². The molecule has 0 radical (unpaired) electrons. The number of halogens is 6. The van der Waals surface area contributed by atoms with Crippen molar-refractivity contribution in [3.63, 3.8) is 0 Å². The van der Waals surface area contributed by atoms with Crippen LogP contribution in [0.5, 0.6) is 0 Å². The zero-order valence-electron chi connectivity index (χ0n) is 18.8. The smallest absolute Gasteiger partial charge is 0.374 e. The third-order valence-corrected chi connectivity index (χ3v) is 8.28. The molecular formula is C25H20Cl2F4N2O3. The number of nitrogens with zero attached hydrogens (tertiary/aromatic N) is 2. The minimum atomic E-state index is -4.88. The number of likely N-dealkylation sites (tertiary alicyclic amines) is 1. The molecule has 1 spiro atoms. The van der Waals surface area contributed by atoms with E-state index in [1.807, 2.05) is 11.0 Å². The number of carbonyl (C=O) groups is 1. The molecule has 0 bridgehead atoms. The summed E-state index contributed by atoms with van der Waals surface area (Å²) in [7, 11) is 0. The fraction of sp³-hybridized carbons (Fsp3) is 0.440. The topological polar surface area (TPSA) is 51.1 Å². The summed E-state index contributed by atoms with van der Waals surface area (Å²) >= 11 is 11.5. The van der Waals surface area contributed by atoms with E-state index < -0.39 is 45.2 Å². The molecule has 1 amide bonds. The molecule has 2 fully saturated rings. The van der Waals surface area contributed by atoms with Gasteiger partial charge in [-0.1, -0.05) is 46.9 Å². The first-order valence-corrected chi connectivity index (χ1v) is 12.3. The lowest BCUT2D eigenvalue weighted by molar-refractivity contribution is -0.275. The minimum Gasteiger partial charge on any atom is -0.374 e. The van der Waals surface area contributed by atoms with E-state index in [1.165, 1.54) is 0 Å². The van der Waals surface area contributed by atoms with Gasteiger partial charge in [-0.25, -0.2) is 4.39 Å². The molecule has 3 aliphatic heterocycles. The number of rotatable bonds is 3. The average molecular weight is 543 g/mol. The highest BCUT2D eigenvalue weighted by molar-refractivity contribution is 6.35.